The number of carbonyl (C=O) groups is 3. The van der Waals surface area contributed by atoms with E-state index in [9.17, 15) is 14.4 Å². The zero-order valence-electron chi connectivity index (χ0n) is 17.0. The lowest BCUT2D eigenvalue weighted by Crippen LogP contribution is -2.58. The van der Waals surface area contributed by atoms with Gasteiger partial charge in [-0.1, -0.05) is 24.3 Å². The SMILES string of the molecule is COC(=O)C1=CCC[C@H]2C(=O)N3[C@@H](C(=O)OC)Cc4c([nH]c5ccccc45)[C@H]3C[C@H]12. The van der Waals surface area contributed by atoms with E-state index >= 15 is 0 Å². The van der Waals surface area contributed by atoms with Crippen molar-refractivity contribution in [1.82, 2.24) is 9.88 Å². The molecular formula is C23H24N2O5. The normalized spacial score (nSPS) is 27.6. The number of carbonyl (C=O) groups excluding carboxylic acids is 3. The van der Waals surface area contributed by atoms with Gasteiger partial charge in [-0.3, -0.25) is 4.79 Å². The molecule has 0 unspecified atom stereocenters. The number of nitrogens with one attached hydrogen (secondary N) is 1. The highest BCUT2D eigenvalue weighted by atomic mass is 16.5. The number of piperidine rings is 1. The maximum atomic E-state index is 13.6. The molecule has 156 valence electrons. The van der Waals surface area contributed by atoms with Gasteiger partial charge in [0, 0.05) is 40.4 Å². The molecule has 1 aromatic carbocycles. The van der Waals surface area contributed by atoms with Crippen LogP contribution in [-0.4, -0.2) is 48.0 Å². The predicted octanol–water partition coefficient (Wildman–Crippen LogP) is 2.66. The Labute approximate surface area is 174 Å². The number of rotatable bonds is 2. The van der Waals surface area contributed by atoms with Crippen molar-refractivity contribution in [2.45, 2.75) is 37.8 Å². The fraction of sp³-hybridized carbons (Fsp3) is 0.435. The van der Waals surface area contributed by atoms with Gasteiger partial charge in [-0.25, -0.2) is 9.59 Å². The van der Waals surface area contributed by atoms with E-state index in [-0.39, 0.29) is 29.8 Å². The van der Waals surface area contributed by atoms with Gasteiger partial charge in [0.25, 0.3) is 0 Å². The second-order valence-corrected chi connectivity index (χ2v) is 8.24. The molecule has 0 saturated carbocycles. The summed E-state index contributed by atoms with van der Waals surface area (Å²) in [5.41, 5.74) is 3.57. The number of aromatic amines is 1. The molecule has 3 heterocycles. The lowest BCUT2D eigenvalue weighted by molar-refractivity contribution is -0.163. The van der Waals surface area contributed by atoms with E-state index in [1.807, 2.05) is 30.3 Å². The van der Waals surface area contributed by atoms with E-state index in [1.54, 1.807) is 4.90 Å². The van der Waals surface area contributed by atoms with Crippen molar-refractivity contribution in [3.05, 3.63) is 47.2 Å². The van der Waals surface area contributed by atoms with Crippen LogP contribution < -0.4 is 0 Å². The number of benzene rings is 1. The maximum absolute atomic E-state index is 13.6. The standard InChI is InChI=1S/C23H24N2O5/c1-29-22(27)14-8-5-7-13-15(14)10-18-20-16(12-6-3-4-9-17(12)24-20)11-19(23(28)30-2)25(18)21(13)26/h3-4,6,8-9,13,15,18-19,24H,5,7,10-11H2,1-2H3/t13-,15+,18-,19-/m1/s1. The number of H-pyrrole nitrogens is 1. The Morgan fingerprint density at radius 2 is 1.93 bits per heavy atom. The Balaban J connectivity index is 1.65. The molecule has 5 rings (SSSR count). The summed E-state index contributed by atoms with van der Waals surface area (Å²) in [6.07, 6.45) is 4.22. The van der Waals surface area contributed by atoms with Crippen LogP contribution in [0.15, 0.2) is 35.9 Å². The van der Waals surface area contributed by atoms with Gasteiger partial charge in [-0.2, -0.15) is 0 Å². The first-order valence-electron chi connectivity index (χ1n) is 10.3. The zero-order valence-corrected chi connectivity index (χ0v) is 17.0. The van der Waals surface area contributed by atoms with E-state index in [1.165, 1.54) is 14.2 Å². The monoisotopic (exact) mass is 408 g/mol. The number of esters is 2. The molecule has 30 heavy (non-hydrogen) atoms. The van der Waals surface area contributed by atoms with Gasteiger partial charge in [-0.05, 0) is 30.9 Å². The number of fused-ring (bicyclic) bond motifs is 6. The fourth-order valence-corrected chi connectivity index (χ4v) is 5.60. The third kappa shape index (κ3) is 2.61. The van der Waals surface area contributed by atoms with E-state index in [0.29, 0.717) is 31.3 Å². The molecule has 1 aromatic heterocycles. The van der Waals surface area contributed by atoms with Crippen molar-refractivity contribution in [2.24, 2.45) is 11.8 Å². The minimum atomic E-state index is -0.660. The van der Waals surface area contributed by atoms with Crippen LogP contribution in [0.2, 0.25) is 0 Å². The van der Waals surface area contributed by atoms with Crippen LogP contribution in [0, 0.1) is 11.8 Å². The van der Waals surface area contributed by atoms with Crippen LogP contribution >= 0.6 is 0 Å². The summed E-state index contributed by atoms with van der Waals surface area (Å²) in [5, 5.41) is 1.06. The number of hydrogen-bond donors (Lipinski definition) is 1. The minimum Gasteiger partial charge on any atom is -0.467 e. The van der Waals surface area contributed by atoms with Gasteiger partial charge in [0.1, 0.15) is 6.04 Å². The number of ether oxygens (including phenoxy) is 2. The average Bonchev–Trinajstić information content (AvgIpc) is 3.16. The first-order chi connectivity index (χ1) is 14.5. The van der Waals surface area contributed by atoms with Crippen LogP contribution in [0.4, 0.5) is 0 Å². The molecule has 1 fully saturated rings. The molecule has 4 atom stereocenters. The number of hydrogen-bond acceptors (Lipinski definition) is 5. The van der Waals surface area contributed by atoms with Crippen molar-refractivity contribution in [3.63, 3.8) is 0 Å². The summed E-state index contributed by atoms with van der Waals surface area (Å²) in [6.45, 7) is 0. The fourth-order valence-electron chi connectivity index (χ4n) is 5.60. The molecule has 1 saturated heterocycles. The van der Waals surface area contributed by atoms with Crippen LogP contribution in [0.5, 0.6) is 0 Å². The van der Waals surface area contributed by atoms with Crippen LogP contribution in [0.25, 0.3) is 10.9 Å². The summed E-state index contributed by atoms with van der Waals surface area (Å²) in [6, 6.07) is 6.98. The van der Waals surface area contributed by atoms with Crippen LogP contribution in [-0.2, 0) is 30.3 Å². The molecule has 7 heteroatoms. The van der Waals surface area contributed by atoms with E-state index in [2.05, 4.69) is 4.98 Å². The molecule has 1 amide bonds. The van der Waals surface area contributed by atoms with Crippen molar-refractivity contribution in [2.75, 3.05) is 14.2 Å². The molecule has 7 nitrogen and oxygen atoms in total. The Morgan fingerprint density at radius 1 is 1.13 bits per heavy atom. The van der Waals surface area contributed by atoms with Crippen molar-refractivity contribution in [3.8, 4) is 0 Å². The highest BCUT2D eigenvalue weighted by Gasteiger charge is 2.52. The highest BCUT2D eigenvalue weighted by Crippen LogP contribution is 2.49. The largest absolute Gasteiger partial charge is 0.467 e. The summed E-state index contributed by atoms with van der Waals surface area (Å²) in [4.78, 5) is 43.9. The molecule has 0 radical (unpaired) electrons. The second-order valence-electron chi connectivity index (χ2n) is 8.24. The maximum Gasteiger partial charge on any atom is 0.333 e. The van der Waals surface area contributed by atoms with Gasteiger partial charge >= 0.3 is 11.9 Å². The van der Waals surface area contributed by atoms with Gasteiger partial charge in [0.05, 0.1) is 20.3 Å². The number of allylic oxidation sites excluding steroid dienone is 1. The van der Waals surface area contributed by atoms with Crippen molar-refractivity contribution < 1.29 is 23.9 Å². The number of para-hydroxylation sites is 1. The van der Waals surface area contributed by atoms with Crippen LogP contribution in [0.3, 0.4) is 0 Å². The summed E-state index contributed by atoms with van der Waals surface area (Å²) >= 11 is 0. The molecular weight excluding hydrogens is 384 g/mol. The molecule has 1 aliphatic carbocycles. The highest BCUT2D eigenvalue weighted by molar-refractivity contribution is 5.94. The molecule has 2 aromatic rings. The van der Waals surface area contributed by atoms with Gasteiger partial charge in [-0.15, -0.1) is 0 Å². The first-order valence-corrected chi connectivity index (χ1v) is 10.3. The van der Waals surface area contributed by atoms with Gasteiger partial charge in [0.15, 0.2) is 0 Å². The van der Waals surface area contributed by atoms with E-state index < -0.39 is 12.0 Å². The van der Waals surface area contributed by atoms with E-state index in [4.69, 9.17) is 9.47 Å². The van der Waals surface area contributed by atoms with Crippen molar-refractivity contribution >= 4 is 28.7 Å². The first kappa shape index (κ1) is 18.9. The Kier molecular flexibility index (Phi) is 4.41. The molecule has 3 aliphatic rings. The molecule has 0 spiro atoms. The second kappa shape index (κ2) is 7.00. The van der Waals surface area contributed by atoms with E-state index in [0.717, 1.165) is 22.2 Å². The topological polar surface area (TPSA) is 88.7 Å². The summed E-state index contributed by atoms with van der Waals surface area (Å²) in [7, 11) is 2.73. The number of methoxy groups -OCH3 is 2. The van der Waals surface area contributed by atoms with Crippen molar-refractivity contribution in [1.29, 1.82) is 0 Å². The molecule has 1 N–H and O–H groups in total. The number of amides is 1. The average molecular weight is 408 g/mol. The predicted molar refractivity (Wildman–Crippen MR) is 108 cm³/mol. The Hall–Kier alpha value is -3.09. The lowest BCUT2D eigenvalue weighted by Gasteiger charge is -2.49. The zero-order chi connectivity index (χ0) is 21.0. The van der Waals surface area contributed by atoms with Gasteiger partial charge in [0.2, 0.25) is 5.91 Å². The smallest absolute Gasteiger partial charge is 0.333 e. The van der Waals surface area contributed by atoms with Gasteiger partial charge < -0.3 is 19.4 Å². The Morgan fingerprint density at radius 3 is 2.70 bits per heavy atom. The van der Waals surface area contributed by atoms with Crippen LogP contribution in [0.1, 0.15) is 36.6 Å². The number of nitrogens with zero attached hydrogens (tertiary/aromatic N) is 1. The third-order valence-electron chi connectivity index (χ3n) is 6.92. The number of aromatic nitrogens is 1. The summed E-state index contributed by atoms with van der Waals surface area (Å²) in [5.74, 6) is -1.38. The third-order valence-corrected chi connectivity index (χ3v) is 6.92. The lowest BCUT2D eigenvalue weighted by atomic mass is 9.69. The molecule has 2 aliphatic heterocycles. The molecule has 0 bridgehead atoms. The minimum absolute atomic E-state index is 0.0783. The Bertz CT molecular complexity index is 1080. The summed E-state index contributed by atoms with van der Waals surface area (Å²) < 4.78 is 10.1. The quantitative estimate of drug-likeness (QED) is 0.772.